The van der Waals surface area contributed by atoms with Gasteiger partial charge in [0.25, 0.3) is 0 Å². The van der Waals surface area contributed by atoms with Crippen molar-refractivity contribution in [3.63, 3.8) is 0 Å². The van der Waals surface area contributed by atoms with Crippen molar-refractivity contribution < 1.29 is 4.79 Å². The second-order valence-corrected chi connectivity index (χ2v) is 2.20. The van der Waals surface area contributed by atoms with Gasteiger partial charge in [-0.1, -0.05) is 0 Å². The number of rotatable bonds is 0. The zero-order chi connectivity index (χ0) is 7.72. The third-order valence-electron chi connectivity index (χ3n) is 1.36. The molecule has 0 radical (unpaired) electrons. The molecule has 1 rings (SSSR count). The highest BCUT2D eigenvalue weighted by Crippen LogP contribution is 2.06. The molecule has 0 amide bonds. The molecular formula is C7H8N2O. The van der Waals surface area contributed by atoms with Crippen LogP contribution in [-0.2, 0) is 4.79 Å². The van der Waals surface area contributed by atoms with Gasteiger partial charge in [-0.05, 0) is 24.6 Å². The average Bonchev–Trinajstić information content (AvgIpc) is 1.84. The summed E-state index contributed by atoms with van der Waals surface area (Å²) in [4.78, 5) is 10.8. The Morgan fingerprint density at radius 1 is 1.50 bits per heavy atom. The Labute approximate surface area is 58.7 Å². The van der Waals surface area contributed by atoms with Gasteiger partial charge in [0.1, 0.15) is 0 Å². The molecule has 1 aliphatic carbocycles. The van der Waals surface area contributed by atoms with Gasteiger partial charge in [0.05, 0.1) is 11.4 Å². The molecule has 0 aromatic rings. The Bertz CT molecular complexity index is 233. The minimum Gasteiger partial charge on any atom is -0.396 e. The molecule has 0 aromatic heterocycles. The minimum atomic E-state index is -0.200. The average molecular weight is 136 g/mol. The van der Waals surface area contributed by atoms with Crippen molar-refractivity contribution in [1.82, 2.24) is 0 Å². The van der Waals surface area contributed by atoms with Gasteiger partial charge in [-0.2, -0.15) is 0 Å². The van der Waals surface area contributed by atoms with Gasteiger partial charge in [0.2, 0.25) is 5.78 Å². The molecular weight excluding hydrogens is 128 g/mol. The van der Waals surface area contributed by atoms with E-state index < -0.39 is 0 Å². The zero-order valence-electron chi connectivity index (χ0n) is 5.64. The maximum atomic E-state index is 10.8. The number of carbonyl (C=O) groups is 1. The smallest absolute Gasteiger partial charge is 0.201 e. The molecule has 0 aromatic carbocycles. The Balaban J connectivity index is 3.03. The van der Waals surface area contributed by atoms with Crippen molar-refractivity contribution in [2.24, 2.45) is 5.73 Å². The summed E-state index contributed by atoms with van der Waals surface area (Å²) in [6.07, 6.45) is 2.75. The largest absolute Gasteiger partial charge is 0.396 e. The van der Waals surface area contributed by atoms with Crippen LogP contribution in [0.3, 0.4) is 0 Å². The molecule has 3 N–H and O–H groups in total. The number of hydrogen-bond donors (Lipinski definition) is 2. The lowest BCUT2D eigenvalue weighted by atomic mass is 10.0. The van der Waals surface area contributed by atoms with Crippen LogP contribution >= 0.6 is 0 Å². The summed E-state index contributed by atoms with van der Waals surface area (Å²) in [7, 11) is 0. The molecule has 0 saturated carbocycles. The standard InChI is InChI=1S/C7H8N2O/c1-4-2-7(10)6(9)3-5(4)8/h2-3,8H,9H2,1H3. The van der Waals surface area contributed by atoms with E-state index in [9.17, 15) is 4.79 Å². The molecule has 0 aliphatic heterocycles. The highest BCUT2D eigenvalue weighted by molar-refractivity contribution is 6.20. The second kappa shape index (κ2) is 2.10. The van der Waals surface area contributed by atoms with E-state index in [1.807, 2.05) is 0 Å². The molecule has 3 nitrogen and oxygen atoms in total. The number of ketones is 1. The summed E-state index contributed by atoms with van der Waals surface area (Å²) < 4.78 is 0. The fraction of sp³-hybridized carbons (Fsp3) is 0.143. The summed E-state index contributed by atoms with van der Waals surface area (Å²) in [5, 5.41) is 7.24. The first kappa shape index (κ1) is 6.74. The molecule has 10 heavy (non-hydrogen) atoms. The first-order valence-corrected chi connectivity index (χ1v) is 2.90. The predicted octanol–water partition coefficient (Wildman–Crippen LogP) is 0.378. The van der Waals surface area contributed by atoms with Gasteiger partial charge >= 0.3 is 0 Å². The molecule has 0 heterocycles. The number of hydrogen-bond acceptors (Lipinski definition) is 3. The van der Waals surface area contributed by atoms with Gasteiger partial charge in [-0.25, -0.2) is 0 Å². The summed E-state index contributed by atoms with van der Waals surface area (Å²) in [6, 6.07) is 0. The Kier molecular flexibility index (Phi) is 1.41. The van der Waals surface area contributed by atoms with Crippen molar-refractivity contribution in [1.29, 1.82) is 5.41 Å². The fourth-order valence-corrected chi connectivity index (χ4v) is 0.698. The molecule has 0 bridgehead atoms. The van der Waals surface area contributed by atoms with Crippen LogP contribution in [0.15, 0.2) is 23.4 Å². The second-order valence-electron chi connectivity index (χ2n) is 2.20. The molecule has 3 heteroatoms. The SMILES string of the molecule is CC1=CC(=O)C(N)=CC1=N. The summed E-state index contributed by atoms with van der Waals surface area (Å²) in [5.74, 6) is -0.200. The predicted molar refractivity (Wildman–Crippen MR) is 38.8 cm³/mol. The van der Waals surface area contributed by atoms with E-state index in [4.69, 9.17) is 11.1 Å². The Morgan fingerprint density at radius 3 is 2.60 bits per heavy atom. The third kappa shape index (κ3) is 0.978. The summed E-state index contributed by atoms with van der Waals surface area (Å²) >= 11 is 0. The lowest BCUT2D eigenvalue weighted by molar-refractivity contribution is -0.111. The van der Waals surface area contributed by atoms with Gasteiger partial charge in [-0.15, -0.1) is 0 Å². The van der Waals surface area contributed by atoms with Gasteiger partial charge < -0.3 is 11.1 Å². The highest BCUT2D eigenvalue weighted by Gasteiger charge is 2.10. The molecule has 0 saturated heterocycles. The van der Waals surface area contributed by atoms with Crippen molar-refractivity contribution in [2.45, 2.75) is 6.92 Å². The summed E-state index contributed by atoms with van der Waals surface area (Å²) in [6.45, 7) is 1.71. The number of allylic oxidation sites excluding steroid dienone is 3. The van der Waals surface area contributed by atoms with Crippen LogP contribution in [0.25, 0.3) is 0 Å². The maximum absolute atomic E-state index is 10.8. The Hall–Kier alpha value is -1.38. The molecule has 0 unspecified atom stereocenters. The van der Waals surface area contributed by atoms with E-state index in [0.29, 0.717) is 11.3 Å². The van der Waals surface area contributed by atoms with Crippen LogP contribution in [0, 0.1) is 5.41 Å². The first-order valence-electron chi connectivity index (χ1n) is 2.90. The van der Waals surface area contributed by atoms with E-state index in [-0.39, 0.29) is 11.5 Å². The zero-order valence-corrected chi connectivity index (χ0v) is 5.64. The van der Waals surface area contributed by atoms with Crippen molar-refractivity contribution in [3.8, 4) is 0 Å². The molecule has 52 valence electrons. The number of nitrogens with one attached hydrogen (secondary N) is 1. The minimum absolute atomic E-state index is 0.149. The van der Waals surface area contributed by atoms with Crippen molar-refractivity contribution in [2.75, 3.05) is 0 Å². The van der Waals surface area contributed by atoms with Gasteiger partial charge in [0, 0.05) is 0 Å². The lowest BCUT2D eigenvalue weighted by Gasteiger charge is -2.05. The van der Waals surface area contributed by atoms with Crippen LogP contribution in [0.5, 0.6) is 0 Å². The van der Waals surface area contributed by atoms with E-state index in [1.54, 1.807) is 6.92 Å². The van der Waals surface area contributed by atoms with Crippen molar-refractivity contribution in [3.05, 3.63) is 23.4 Å². The van der Waals surface area contributed by atoms with Gasteiger partial charge in [0.15, 0.2) is 0 Å². The monoisotopic (exact) mass is 136 g/mol. The van der Waals surface area contributed by atoms with Crippen molar-refractivity contribution >= 4 is 11.5 Å². The molecule has 0 spiro atoms. The summed E-state index contributed by atoms with van der Waals surface area (Å²) in [5.41, 5.74) is 6.39. The number of carbonyl (C=O) groups excluding carboxylic acids is 1. The van der Waals surface area contributed by atoms with E-state index in [0.717, 1.165) is 0 Å². The van der Waals surface area contributed by atoms with Crippen LogP contribution in [0.2, 0.25) is 0 Å². The quantitative estimate of drug-likeness (QED) is 0.473. The molecule has 0 atom stereocenters. The van der Waals surface area contributed by atoms with Crippen LogP contribution < -0.4 is 5.73 Å². The van der Waals surface area contributed by atoms with E-state index in [1.165, 1.54) is 12.2 Å². The topological polar surface area (TPSA) is 66.9 Å². The first-order chi connectivity index (χ1) is 4.61. The molecule has 1 aliphatic rings. The number of nitrogens with two attached hydrogens (primary N) is 1. The van der Waals surface area contributed by atoms with Gasteiger partial charge in [-0.3, -0.25) is 4.79 Å². The highest BCUT2D eigenvalue weighted by atomic mass is 16.1. The normalized spacial score (nSPS) is 18.5. The van der Waals surface area contributed by atoms with E-state index in [2.05, 4.69) is 0 Å². The van der Waals surface area contributed by atoms with Crippen LogP contribution in [-0.4, -0.2) is 11.5 Å². The van der Waals surface area contributed by atoms with E-state index >= 15 is 0 Å². The van der Waals surface area contributed by atoms with Crippen LogP contribution in [0.4, 0.5) is 0 Å². The maximum Gasteiger partial charge on any atom is 0.201 e. The molecule has 0 fully saturated rings. The third-order valence-corrected chi connectivity index (χ3v) is 1.36. The Morgan fingerprint density at radius 2 is 2.10 bits per heavy atom. The lowest BCUT2D eigenvalue weighted by Crippen LogP contribution is -2.16. The van der Waals surface area contributed by atoms with Crippen LogP contribution in [0.1, 0.15) is 6.92 Å². The fourth-order valence-electron chi connectivity index (χ4n) is 0.698.